The van der Waals surface area contributed by atoms with Gasteiger partial charge < -0.3 is 25.0 Å². The lowest BCUT2D eigenvalue weighted by molar-refractivity contribution is -0.136. The smallest absolute Gasteiger partial charge is 0.337 e. The quantitative estimate of drug-likeness (QED) is 0.421. The number of methoxy groups -OCH3 is 2. The lowest BCUT2D eigenvalue weighted by Crippen LogP contribution is -2.54. The van der Waals surface area contributed by atoms with Gasteiger partial charge in [-0.25, -0.2) is 28.1 Å². The number of urea groups is 2. The summed E-state index contributed by atoms with van der Waals surface area (Å²) in [7, 11) is 2.62. The Bertz CT molecular complexity index is 1260. The molecule has 222 valence electrons. The van der Waals surface area contributed by atoms with Crippen molar-refractivity contribution >= 4 is 36.1 Å². The maximum Gasteiger partial charge on any atom is 0.337 e. The summed E-state index contributed by atoms with van der Waals surface area (Å²) in [4.78, 5) is 45.0. The molecule has 2 N–H and O–H groups in total. The van der Waals surface area contributed by atoms with E-state index in [0.29, 0.717) is 18.2 Å². The van der Waals surface area contributed by atoms with Crippen molar-refractivity contribution in [3.8, 4) is 0 Å². The number of hydrogen-bond acceptors (Lipinski definition) is 7. The molecule has 10 nitrogen and oxygen atoms in total. The number of aromatic nitrogens is 1. The van der Waals surface area contributed by atoms with Gasteiger partial charge in [0.1, 0.15) is 0 Å². The van der Waals surface area contributed by atoms with E-state index in [9.17, 15) is 23.2 Å². The van der Waals surface area contributed by atoms with E-state index in [1.54, 1.807) is 6.20 Å². The molecule has 1 aliphatic heterocycles. The number of amides is 4. The minimum atomic E-state index is -0.951. The molecule has 13 heteroatoms. The van der Waals surface area contributed by atoms with E-state index in [0.717, 1.165) is 48.4 Å². The average molecular weight is 594 g/mol. The zero-order valence-corrected chi connectivity index (χ0v) is 23.7. The predicted molar refractivity (Wildman–Crippen MR) is 150 cm³/mol. The van der Waals surface area contributed by atoms with E-state index in [1.165, 1.54) is 20.3 Å². The number of ether oxygens (including phenoxy) is 2. The van der Waals surface area contributed by atoms with Gasteiger partial charge in [-0.3, -0.25) is 4.98 Å². The molecule has 0 atom stereocenters. The van der Waals surface area contributed by atoms with E-state index >= 15 is 0 Å². The van der Waals surface area contributed by atoms with Gasteiger partial charge in [-0.2, -0.15) is 0 Å². The minimum absolute atomic E-state index is 0. The van der Waals surface area contributed by atoms with Gasteiger partial charge in [0, 0.05) is 55.8 Å². The number of nitrogens with zero attached hydrogens (tertiary/aromatic N) is 3. The molecule has 1 aliphatic carbocycles. The Morgan fingerprint density at radius 2 is 1.88 bits per heavy atom. The summed E-state index contributed by atoms with van der Waals surface area (Å²) in [6, 6.07) is 8.25. The molecule has 41 heavy (non-hydrogen) atoms. The van der Waals surface area contributed by atoms with E-state index in [2.05, 4.69) is 15.6 Å². The van der Waals surface area contributed by atoms with Crippen LogP contribution in [0.5, 0.6) is 0 Å². The number of benzene rings is 1. The largest absolute Gasteiger partial charge is 0.466 e. The number of carbonyl (C=O) groups is 3. The van der Waals surface area contributed by atoms with Crippen LogP contribution >= 0.6 is 12.4 Å². The van der Waals surface area contributed by atoms with Crippen molar-refractivity contribution in [1.29, 1.82) is 0 Å². The van der Waals surface area contributed by atoms with Crippen LogP contribution in [-0.4, -0.2) is 74.4 Å². The monoisotopic (exact) mass is 593 g/mol. The van der Waals surface area contributed by atoms with Crippen LogP contribution in [-0.2, 0) is 14.3 Å². The van der Waals surface area contributed by atoms with Gasteiger partial charge in [-0.05, 0) is 49.9 Å². The highest BCUT2D eigenvalue weighted by atomic mass is 35.5. The van der Waals surface area contributed by atoms with Gasteiger partial charge in [0.2, 0.25) is 0 Å². The number of hydrogen-bond donors (Lipinski definition) is 2. The molecular formula is C28H34ClF2N5O5. The second-order valence-corrected chi connectivity index (χ2v) is 9.68. The Kier molecular flexibility index (Phi) is 11.4. The number of halogens is 3. The molecule has 1 aromatic heterocycles. The number of pyridine rings is 1. The third-order valence-electron chi connectivity index (χ3n) is 7.26. The third kappa shape index (κ3) is 7.70. The molecule has 0 bridgehead atoms. The maximum atomic E-state index is 14.2. The first kappa shape index (κ1) is 31.8. The molecule has 1 aromatic carbocycles. The van der Waals surface area contributed by atoms with E-state index < -0.39 is 29.7 Å². The summed E-state index contributed by atoms with van der Waals surface area (Å²) < 4.78 is 37.7. The normalized spacial score (nSPS) is 18.7. The maximum absolute atomic E-state index is 14.2. The van der Waals surface area contributed by atoms with Crippen molar-refractivity contribution in [1.82, 2.24) is 20.5 Å². The highest BCUT2D eigenvalue weighted by Gasteiger charge is 2.33. The fourth-order valence-electron chi connectivity index (χ4n) is 5.21. The average Bonchev–Trinajstić information content (AvgIpc) is 2.97. The summed E-state index contributed by atoms with van der Waals surface area (Å²) in [5.74, 6) is -2.25. The molecule has 1 fully saturated rings. The SMILES string of the molecule is COCC1=C(C(=O)OC)CN(C(=O)NCCN(c2ccc(F)c(F)c2)C2CCC(c3ccccn3)CC2)C(=O)N1.Cl. The fraction of sp³-hybridized carbons (Fsp3) is 0.429. The molecule has 2 heterocycles. The standard InChI is InChI=1S/C28H33F2N5O5.ClH/c1-39-17-25-21(26(36)40-2)16-35(28(38)33-25)27(37)32-13-14-34(20-10-11-22(29)23(30)15-20)19-8-6-18(7-9-19)24-5-3-4-12-31-24;/h3-5,10-12,15,18-19H,6-9,13-14,16-17H2,1-2H3,(H,32,37)(H,33,38);1H. The molecule has 0 spiro atoms. The Labute approximate surface area is 243 Å². The molecular weight excluding hydrogens is 560 g/mol. The first-order valence-electron chi connectivity index (χ1n) is 13.1. The lowest BCUT2D eigenvalue weighted by atomic mass is 9.83. The van der Waals surface area contributed by atoms with Crippen LogP contribution < -0.4 is 15.5 Å². The fourth-order valence-corrected chi connectivity index (χ4v) is 5.21. The van der Waals surface area contributed by atoms with Crippen molar-refractivity contribution in [2.24, 2.45) is 0 Å². The lowest BCUT2D eigenvalue weighted by Gasteiger charge is -2.38. The zero-order chi connectivity index (χ0) is 28.6. The minimum Gasteiger partial charge on any atom is -0.466 e. The molecule has 0 radical (unpaired) electrons. The van der Waals surface area contributed by atoms with Gasteiger partial charge in [0.15, 0.2) is 11.6 Å². The van der Waals surface area contributed by atoms with Gasteiger partial charge in [-0.15, -0.1) is 12.4 Å². The topological polar surface area (TPSA) is 113 Å². The van der Waals surface area contributed by atoms with E-state index in [1.807, 2.05) is 23.1 Å². The number of rotatable bonds is 9. The molecule has 2 aliphatic rings. The number of carbonyl (C=O) groups excluding carboxylic acids is 3. The highest BCUT2D eigenvalue weighted by molar-refractivity contribution is 6.00. The van der Waals surface area contributed by atoms with Gasteiger partial charge >= 0.3 is 18.0 Å². The second-order valence-electron chi connectivity index (χ2n) is 9.68. The summed E-state index contributed by atoms with van der Waals surface area (Å²) in [6.45, 7) is 0.0919. The van der Waals surface area contributed by atoms with Crippen molar-refractivity contribution in [2.45, 2.75) is 37.6 Å². The van der Waals surface area contributed by atoms with E-state index in [-0.39, 0.29) is 49.4 Å². The van der Waals surface area contributed by atoms with Gasteiger partial charge in [0.25, 0.3) is 0 Å². The summed E-state index contributed by atoms with van der Waals surface area (Å²) in [6.07, 6.45) is 5.16. The first-order chi connectivity index (χ1) is 19.3. The summed E-state index contributed by atoms with van der Waals surface area (Å²) >= 11 is 0. The molecule has 1 saturated carbocycles. The second kappa shape index (κ2) is 14.7. The molecule has 4 amide bonds. The van der Waals surface area contributed by atoms with Gasteiger partial charge in [0.05, 0.1) is 31.5 Å². The van der Waals surface area contributed by atoms with E-state index in [4.69, 9.17) is 9.47 Å². The van der Waals surface area contributed by atoms with Crippen molar-refractivity contribution in [3.05, 3.63) is 71.2 Å². The molecule has 0 saturated heterocycles. The Morgan fingerprint density at radius 3 is 2.51 bits per heavy atom. The van der Waals surface area contributed by atoms with Crippen LogP contribution in [0.15, 0.2) is 53.9 Å². The Balaban J connectivity index is 0.00000462. The summed E-state index contributed by atoms with van der Waals surface area (Å²) in [5.41, 5.74) is 1.88. The zero-order valence-electron chi connectivity index (χ0n) is 22.9. The van der Waals surface area contributed by atoms with Crippen LogP contribution in [0.4, 0.5) is 24.1 Å². The molecule has 4 rings (SSSR count). The van der Waals surface area contributed by atoms with Crippen LogP contribution in [0, 0.1) is 11.6 Å². The van der Waals surface area contributed by atoms with Crippen LogP contribution in [0.2, 0.25) is 0 Å². The Morgan fingerprint density at radius 1 is 1.12 bits per heavy atom. The molecule has 0 unspecified atom stereocenters. The number of anilines is 1. The summed E-state index contributed by atoms with van der Waals surface area (Å²) in [5, 5.41) is 5.21. The number of imide groups is 1. The highest BCUT2D eigenvalue weighted by Crippen LogP contribution is 2.35. The first-order valence-corrected chi connectivity index (χ1v) is 13.1. The number of nitrogens with one attached hydrogen (secondary N) is 2. The van der Waals surface area contributed by atoms with Crippen LogP contribution in [0.3, 0.4) is 0 Å². The van der Waals surface area contributed by atoms with Crippen LogP contribution in [0.25, 0.3) is 0 Å². The van der Waals surface area contributed by atoms with Gasteiger partial charge in [-0.1, -0.05) is 6.07 Å². The van der Waals surface area contributed by atoms with Crippen LogP contribution in [0.1, 0.15) is 37.3 Å². The number of esters is 1. The molecule has 2 aromatic rings. The van der Waals surface area contributed by atoms with Crippen molar-refractivity contribution in [2.75, 3.05) is 45.4 Å². The third-order valence-corrected chi connectivity index (χ3v) is 7.26. The van der Waals surface area contributed by atoms with Crippen molar-refractivity contribution in [3.63, 3.8) is 0 Å². The van der Waals surface area contributed by atoms with Crippen molar-refractivity contribution < 1.29 is 32.6 Å². The Hall–Kier alpha value is -3.77. The predicted octanol–water partition coefficient (Wildman–Crippen LogP) is 4.12.